The highest BCUT2D eigenvalue weighted by Gasteiger charge is 2.11. The summed E-state index contributed by atoms with van der Waals surface area (Å²) < 4.78 is 0. The number of hydrogen-bond acceptors (Lipinski definition) is 3. The molecule has 1 aliphatic heterocycles. The predicted molar refractivity (Wildman–Crippen MR) is 88.6 cm³/mol. The summed E-state index contributed by atoms with van der Waals surface area (Å²) in [6.45, 7) is 8.23. The minimum absolute atomic E-state index is 0. The molecule has 0 aliphatic carbocycles. The summed E-state index contributed by atoms with van der Waals surface area (Å²) in [6, 6.07) is 0.572. The lowest BCUT2D eigenvalue weighted by atomic mass is 10.3. The number of likely N-dealkylation sites (N-methyl/N-ethyl adjacent to an activating group) is 1. The van der Waals surface area contributed by atoms with Crippen LogP contribution in [-0.2, 0) is 0 Å². The van der Waals surface area contributed by atoms with Crippen molar-refractivity contribution in [2.45, 2.75) is 19.9 Å². The fourth-order valence-electron chi connectivity index (χ4n) is 1.47. The molecule has 102 valence electrons. The highest BCUT2D eigenvalue weighted by Crippen LogP contribution is 2.08. The van der Waals surface area contributed by atoms with Gasteiger partial charge in [-0.05, 0) is 20.9 Å². The molecule has 0 spiro atoms. The van der Waals surface area contributed by atoms with Crippen LogP contribution in [0.15, 0.2) is 4.99 Å². The van der Waals surface area contributed by atoms with Crippen LogP contribution in [-0.4, -0.2) is 66.5 Å². The van der Waals surface area contributed by atoms with Gasteiger partial charge in [0.05, 0.1) is 6.54 Å². The predicted octanol–water partition coefficient (Wildman–Crippen LogP) is 1.31. The maximum absolute atomic E-state index is 5.96. The van der Waals surface area contributed by atoms with Crippen molar-refractivity contribution in [3.05, 3.63) is 0 Å². The lowest BCUT2D eigenvalue weighted by Gasteiger charge is -2.27. The Morgan fingerprint density at radius 2 is 2.00 bits per heavy atom. The molecule has 1 fully saturated rings. The largest absolute Gasteiger partial charge is 0.370 e. The lowest BCUT2D eigenvalue weighted by molar-refractivity contribution is 0.281. The molecule has 1 heterocycles. The van der Waals surface area contributed by atoms with Crippen LogP contribution < -0.4 is 5.73 Å². The first-order chi connectivity index (χ1) is 7.61. The summed E-state index contributed by atoms with van der Waals surface area (Å²) in [7, 11) is 2.12. The molecular formula is C11H25IN4S. The van der Waals surface area contributed by atoms with Gasteiger partial charge in [-0.25, -0.2) is 0 Å². The van der Waals surface area contributed by atoms with E-state index in [9.17, 15) is 0 Å². The number of rotatable bonds is 4. The zero-order valence-electron chi connectivity index (χ0n) is 11.1. The number of guanidine groups is 1. The van der Waals surface area contributed by atoms with Gasteiger partial charge in [-0.1, -0.05) is 0 Å². The molecule has 17 heavy (non-hydrogen) atoms. The van der Waals surface area contributed by atoms with E-state index in [-0.39, 0.29) is 24.0 Å². The van der Waals surface area contributed by atoms with E-state index in [0.717, 1.165) is 32.1 Å². The molecule has 0 atom stereocenters. The van der Waals surface area contributed by atoms with E-state index in [1.807, 2.05) is 11.8 Å². The van der Waals surface area contributed by atoms with Crippen molar-refractivity contribution in [2.24, 2.45) is 10.7 Å². The number of aliphatic imine (C=N–C) groups is 1. The van der Waals surface area contributed by atoms with E-state index in [0.29, 0.717) is 6.04 Å². The summed E-state index contributed by atoms with van der Waals surface area (Å²) in [5.41, 5.74) is 5.96. The molecule has 0 unspecified atom stereocenters. The van der Waals surface area contributed by atoms with Crippen LogP contribution in [0.4, 0.5) is 0 Å². The molecule has 2 N–H and O–H groups in total. The van der Waals surface area contributed by atoms with Crippen molar-refractivity contribution in [1.29, 1.82) is 0 Å². The Balaban J connectivity index is 0.00000256. The monoisotopic (exact) mass is 372 g/mol. The van der Waals surface area contributed by atoms with E-state index >= 15 is 0 Å². The van der Waals surface area contributed by atoms with Gasteiger partial charge < -0.3 is 15.5 Å². The van der Waals surface area contributed by atoms with Crippen LogP contribution in [0, 0.1) is 0 Å². The fourth-order valence-corrected chi connectivity index (χ4v) is 2.38. The number of halogens is 1. The van der Waals surface area contributed by atoms with E-state index in [2.05, 4.69) is 35.7 Å². The highest BCUT2D eigenvalue weighted by molar-refractivity contribution is 14.0. The first-order valence-electron chi connectivity index (χ1n) is 5.94. The standard InChI is InChI=1S/C11H24N4S.HI/c1-10(2)14(3)5-4-13-11(12)15-6-8-16-9-7-15;/h10H,4-9H2,1-3H3,(H2,12,13);1H. The molecule has 0 amide bonds. The van der Waals surface area contributed by atoms with Crippen LogP contribution in [0.25, 0.3) is 0 Å². The Bertz CT molecular complexity index is 230. The third-order valence-electron chi connectivity index (χ3n) is 2.94. The maximum Gasteiger partial charge on any atom is 0.191 e. The topological polar surface area (TPSA) is 44.9 Å². The molecule has 1 rings (SSSR count). The summed E-state index contributed by atoms with van der Waals surface area (Å²) in [4.78, 5) is 8.91. The number of nitrogens with zero attached hydrogens (tertiary/aromatic N) is 3. The summed E-state index contributed by atoms with van der Waals surface area (Å²) >= 11 is 1.99. The van der Waals surface area contributed by atoms with Crippen LogP contribution in [0.1, 0.15) is 13.8 Å². The third-order valence-corrected chi connectivity index (χ3v) is 3.89. The van der Waals surface area contributed by atoms with Gasteiger partial charge in [0.25, 0.3) is 0 Å². The minimum Gasteiger partial charge on any atom is -0.370 e. The van der Waals surface area contributed by atoms with Gasteiger partial charge in [0.15, 0.2) is 5.96 Å². The summed E-state index contributed by atoms with van der Waals surface area (Å²) in [5.74, 6) is 3.06. The van der Waals surface area contributed by atoms with Gasteiger partial charge in [0.2, 0.25) is 0 Å². The molecule has 0 saturated carbocycles. The van der Waals surface area contributed by atoms with Gasteiger partial charge in [-0.3, -0.25) is 4.99 Å². The van der Waals surface area contributed by atoms with Crippen LogP contribution in [0.3, 0.4) is 0 Å². The van der Waals surface area contributed by atoms with Crippen LogP contribution in [0.5, 0.6) is 0 Å². The van der Waals surface area contributed by atoms with E-state index in [1.54, 1.807) is 0 Å². The number of hydrogen-bond donors (Lipinski definition) is 1. The maximum atomic E-state index is 5.96. The van der Waals surface area contributed by atoms with Crippen molar-refractivity contribution < 1.29 is 0 Å². The van der Waals surface area contributed by atoms with Gasteiger partial charge in [0, 0.05) is 37.2 Å². The van der Waals surface area contributed by atoms with E-state index < -0.39 is 0 Å². The minimum atomic E-state index is 0. The molecule has 6 heteroatoms. The second-order valence-electron chi connectivity index (χ2n) is 4.41. The zero-order valence-corrected chi connectivity index (χ0v) is 14.2. The first kappa shape index (κ1) is 17.3. The second-order valence-corrected chi connectivity index (χ2v) is 5.64. The van der Waals surface area contributed by atoms with Crippen molar-refractivity contribution in [1.82, 2.24) is 9.80 Å². The SMILES string of the molecule is CC(C)N(C)CCN=C(N)N1CCSCC1.I. The Hall–Kier alpha value is 0.310. The van der Waals surface area contributed by atoms with E-state index in [4.69, 9.17) is 5.73 Å². The van der Waals surface area contributed by atoms with Crippen LogP contribution in [0.2, 0.25) is 0 Å². The smallest absolute Gasteiger partial charge is 0.191 e. The van der Waals surface area contributed by atoms with Gasteiger partial charge >= 0.3 is 0 Å². The molecule has 0 aromatic carbocycles. The second kappa shape index (κ2) is 9.27. The number of nitrogens with two attached hydrogens (primary N) is 1. The molecule has 0 radical (unpaired) electrons. The van der Waals surface area contributed by atoms with Crippen molar-refractivity contribution in [2.75, 3.05) is 44.7 Å². The quantitative estimate of drug-likeness (QED) is 0.459. The molecule has 0 aromatic heterocycles. The average molecular weight is 372 g/mol. The molecule has 1 aliphatic rings. The Morgan fingerprint density at radius 3 is 2.53 bits per heavy atom. The Kier molecular flexibility index (Phi) is 9.44. The molecular weight excluding hydrogens is 347 g/mol. The normalized spacial score (nSPS) is 17.5. The highest BCUT2D eigenvalue weighted by atomic mass is 127. The molecule has 0 aromatic rings. The van der Waals surface area contributed by atoms with Gasteiger partial charge in [-0.2, -0.15) is 11.8 Å². The lowest BCUT2D eigenvalue weighted by Crippen LogP contribution is -2.43. The fraction of sp³-hybridized carbons (Fsp3) is 0.909. The Labute approximate surface area is 126 Å². The van der Waals surface area contributed by atoms with E-state index in [1.165, 1.54) is 11.5 Å². The zero-order chi connectivity index (χ0) is 12.0. The van der Waals surface area contributed by atoms with Crippen molar-refractivity contribution >= 4 is 41.7 Å². The number of thioether (sulfide) groups is 1. The van der Waals surface area contributed by atoms with Gasteiger partial charge in [0.1, 0.15) is 0 Å². The molecule has 0 bridgehead atoms. The third kappa shape index (κ3) is 6.71. The molecule has 4 nitrogen and oxygen atoms in total. The van der Waals surface area contributed by atoms with Gasteiger partial charge in [-0.15, -0.1) is 24.0 Å². The first-order valence-corrected chi connectivity index (χ1v) is 7.09. The van der Waals surface area contributed by atoms with Crippen molar-refractivity contribution in [3.63, 3.8) is 0 Å². The molecule has 1 saturated heterocycles. The average Bonchev–Trinajstić information content (AvgIpc) is 2.29. The van der Waals surface area contributed by atoms with Crippen LogP contribution >= 0.6 is 35.7 Å². The van der Waals surface area contributed by atoms with Crippen molar-refractivity contribution in [3.8, 4) is 0 Å². The Morgan fingerprint density at radius 1 is 1.41 bits per heavy atom. The summed E-state index contributed by atoms with van der Waals surface area (Å²) in [6.07, 6.45) is 0. The summed E-state index contributed by atoms with van der Waals surface area (Å²) in [5, 5.41) is 0.